The molecule has 3 N–H and O–H groups in total. The smallest absolute Gasteiger partial charge is 0.205 e. The zero-order valence-corrected chi connectivity index (χ0v) is 14.1. The van der Waals surface area contributed by atoms with Crippen molar-refractivity contribution in [1.29, 1.82) is 0 Å². The van der Waals surface area contributed by atoms with E-state index in [1.807, 2.05) is 38.1 Å². The molecule has 5 rings (SSSR count). The van der Waals surface area contributed by atoms with Crippen molar-refractivity contribution in [3.8, 4) is 23.2 Å². The monoisotopic (exact) mass is 337 g/mol. The Bertz CT molecular complexity index is 1010. The lowest BCUT2D eigenvalue weighted by Gasteiger charge is -2.21. The third-order valence-corrected chi connectivity index (χ3v) is 5.83. The van der Waals surface area contributed by atoms with Crippen molar-refractivity contribution in [3.63, 3.8) is 0 Å². The molecule has 128 valence electrons. The first-order chi connectivity index (χ1) is 11.9. The van der Waals surface area contributed by atoms with Crippen LogP contribution in [0.2, 0.25) is 0 Å². The predicted octanol–water partition coefficient (Wildman–Crippen LogP) is 4.00. The van der Waals surface area contributed by atoms with E-state index in [9.17, 15) is 15.3 Å². The standard InChI is InChI=1S/C20H19NO4/c1-19-9-10-20(2,25-19)16-15(19)17(23)21(18(16)24)13-7-8-14(22)12-6-4-3-5-11(12)13/h3-8,22-24H,9-10H2,1-2H3/t19-,20+. The Labute approximate surface area is 144 Å². The van der Waals surface area contributed by atoms with E-state index < -0.39 is 11.2 Å². The quantitative estimate of drug-likeness (QED) is 0.627. The minimum absolute atomic E-state index is 0.00858. The van der Waals surface area contributed by atoms with E-state index in [-0.39, 0.29) is 17.5 Å². The van der Waals surface area contributed by atoms with Gasteiger partial charge in [-0.1, -0.05) is 24.3 Å². The maximum absolute atomic E-state index is 11.0. The number of fused-ring (bicyclic) bond motifs is 6. The van der Waals surface area contributed by atoms with Gasteiger partial charge in [0, 0.05) is 10.8 Å². The fourth-order valence-corrected chi connectivity index (χ4v) is 4.67. The number of hydrogen-bond acceptors (Lipinski definition) is 4. The topological polar surface area (TPSA) is 74.9 Å². The van der Waals surface area contributed by atoms with Gasteiger partial charge in [0.25, 0.3) is 0 Å². The third-order valence-electron chi connectivity index (χ3n) is 5.83. The first-order valence-corrected chi connectivity index (χ1v) is 8.45. The highest BCUT2D eigenvalue weighted by atomic mass is 16.5. The van der Waals surface area contributed by atoms with Crippen LogP contribution < -0.4 is 0 Å². The summed E-state index contributed by atoms with van der Waals surface area (Å²) in [6, 6.07) is 10.7. The van der Waals surface area contributed by atoms with Crippen LogP contribution in [0.5, 0.6) is 17.5 Å². The summed E-state index contributed by atoms with van der Waals surface area (Å²) in [5.74, 6) is 0.184. The molecule has 1 saturated heterocycles. The maximum Gasteiger partial charge on any atom is 0.205 e. The summed E-state index contributed by atoms with van der Waals surface area (Å²) < 4.78 is 7.61. The van der Waals surface area contributed by atoms with Crippen molar-refractivity contribution in [2.75, 3.05) is 0 Å². The molecule has 0 spiro atoms. The number of benzene rings is 2. The average Bonchev–Trinajstić information content (AvgIpc) is 3.13. The Morgan fingerprint density at radius 3 is 2.00 bits per heavy atom. The molecule has 3 aromatic rings. The molecule has 0 amide bonds. The zero-order valence-electron chi connectivity index (χ0n) is 14.1. The lowest BCUT2D eigenvalue weighted by molar-refractivity contribution is -0.0683. The van der Waals surface area contributed by atoms with Gasteiger partial charge in [-0.25, -0.2) is 0 Å². The number of rotatable bonds is 1. The number of nitrogens with zero attached hydrogens (tertiary/aromatic N) is 1. The number of phenolic OH excluding ortho intramolecular Hbond substituents is 1. The first-order valence-electron chi connectivity index (χ1n) is 8.45. The summed E-state index contributed by atoms with van der Waals surface area (Å²) in [7, 11) is 0. The summed E-state index contributed by atoms with van der Waals surface area (Å²) in [4.78, 5) is 0. The Hall–Kier alpha value is -2.66. The van der Waals surface area contributed by atoms with Crippen molar-refractivity contribution in [1.82, 2.24) is 4.57 Å². The molecule has 1 fully saturated rings. The van der Waals surface area contributed by atoms with Crippen molar-refractivity contribution in [3.05, 3.63) is 47.5 Å². The molecule has 0 aliphatic carbocycles. The molecule has 2 aromatic carbocycles. The molecule has 0 saturated carbocycles. The zero-order chi connectivity index (χ0) is 17.6. The molecule has 1 aromatic heterocycles. The molecular weight excluding hydrogens is 318 g/mol. The van der Waals surface area contributed by atoms with E-state index in [2.05, 4.69) is 0 Å². The summed E-state index contributed by atoms with van der Waals surface area (Å²) >= 11 is 0. The average molecular weight is 337 g/mol. The van der Waals surface area contributed by atoms with E-state index >= 15 is 0 Å². The van der Waals surface area contributed by atoms with Crippen molar-refractivity contribution in [2.24, 2.45) is 0 Å². The molecule has 25 heavy (non-hydrogen) atoms. The second-order valence-electron chi connectivity index (χ2n) is 7.45. The van der Waals surface area contributed by atoms with Gasteiger partial charge in [0.1, 0.15) is 5.75 Å². The first kappa shape index (κ1) is 14.7. The summed E-state index contributed by atoms with van der Waals surface area (Å²) in [5.41, 5.74) is 0.823. The molecule has 5 heteroatoms. The fraction of sp³-hybridized carbons (Fsp3) is 0.300. The Kier molecular flexibility index (Phi) is 2.52. The van der Waals surface area contributed by atoms with E-state index in [4.69, 9.17) is 4.74 Å². The lowest BCUT2D eigenvalue weighted by Crippen LogP contribution is -2.17. The second-order valence-corrected chi connectivity index (χ2v) is 7.45. The molecule has 0 radical (unpaired) electrons. The Balaban J connectivity index is 1.87. The van der Waals surface area contributed by atoms with E-state index in [0.717, 1.165) is 18.2 Å². The molecule has 0 unspecified atom stereocenters. The minimum Gasteiger partial charge on any atom is -0.507 e. The van der Waals surface area contributed by atoms with Crippen LogP contribution in [0.25, 0.3) is 16.5 Å². The van der Waals surface area contributed by atoms with Crippen LogP contribution in [0.4, 0.5) is 0 Å². The molecule has 2 aliphatic rings. The van der Waals surface area contributed by atoms with Crippen LogP contribution in [0.15, 0.2) is 36.4 Å². The van der Waals surface area contributed by atoms with Crippen molar-refractivity contribution in [2.45, 2.75) is 37.9 Å². The van der Waals surface area contributed by atoms with Gasteiger partial charge in [-0.15, -0.1) is 0 Å². The number of phenols is 1. The minimum atomic E-state index is -0.580. The van der Waals surface area contributed by atoms with Gasteiger partial charge in [-0.3, -0.25) is 4.57 Å². The molecule has 2 aliphatic heterocycles. The summed E-state index contributed by atoms with van der Waals surface area (Å²) in [6.07, 6.45) is 1.62. The van der Waals surface area contributed by atoms with Crippen LogP contribution in [-0.2, 0) is 15.9 Å². The van der Waals surface area contributed by atoms with E-state index in [0.29, 0.717) is 22.2 Å². The van der Waals surface area contributed by atoms with Crippen molar-refractivity contribution < 1.29 is 20.1 Å². The molecular formula is C20H19NO4. The number of ether oxygens (including phenoxy) is 1. The third kappa shape index (κ3) is 1.61. The fourth-order valence-electron chi connectivity index (χ4n) is 4.67. The van der Waals surface area contributed by atoms with E-state index in [1.54, 1.807) is 12.1 Å². The SMILES string of the molecule is C[C@]12CC[C@](C)(O1)c1c2c(O)n(-c2ccc(O)c3ccccc23)c1O. The summed E-state index contributed by atoms with van der Waals surface area (Å²) in [5, 5.41) is 33.5. The van der Waals surface area contributed by atoms with Crippen LogP contribution in [0, 0.1) is 0 Å². The molecule has 2 bridgehead atoms. The molecule has 2 atom stereocenters. The van der Waals surface area contributed by atoms with Crippen LogP contribution in [-0.4, -0.2) is 19.9 Å². The highest BCUT2D eigenvalue weighted by Gasteiger charge is 2.59. The van der Waals surface area contributed by atoms with Crippen LogP contribution in [0.3, 0.4) is 0 Å². The number of hydrogen-bond donors (Lipinski definition) is 3. The number of aromatic hydroxyl groups is 3. The Morgan fingerprint density at radius 1 is 0.840 bits per heavy atom. The highest BCUT2D eigenvalue weighted by Crippen LogP contribution is 2.64. The van der Waals surface area contributed by atoms with Crippen molar-refractivity contribution >= 4 is 10.8 Å². The molecule has 5 nitrogen and oxygen atoms in total. The van der Waals surface area contributed by atoms with Gasteiger partial charge in [0.05, 0.1) is 28.0 Å². The lowest BCUT2D eigenvalue weighted by atomic mass is 9.80. The maximum atomic E-state index is 11.0. The normalized spacial score (nSPS) is 27.1. The largest absolute Gasteiger partial charge is 0.507 e. The van der Waals surface area contributed by atoms with Crippen LogP contribution in [0.1, 0.15) is 37.8 Å². The predicted molar refractivity (Wildman–Crippen MR) is 93.3 cm³/mol. The van der Waals surface area contributed by atoms with E-state index in [1.165, 1.54) is 4.57 Å². The number of aromatic nitrogens is 1. The van der Waals surface area contributed by atoms with Gasteiger partial charge < -0.3 is 20.1 Å². The Morgan fingerprint density at radius 2 is 1.40 bits per heavy atom. The van der Waals surface area contributed by atoms with Gasteiger partial charge in [-0.05, 0) is 38.8 Å². The highest BCUT2D eigenvalue weighted by molar-refractivity contribution is 5.95. The van der Waals surface area contributed by atoms with Gasteiger partial charge in [0.2, 0.25) is 11.8 Å². The van der Waals surface area contributed by atoms with Gasteiger partial charge in [-0.2, -0.15) is 0 Å². The van der Waals surface area contributed by atoms with Gasteiger partial charge >= 0.3 is 0 Å². The van der Waals surface area contributed by atoms with Crippen LogP contribution >= 0.6 is 0 Å². The summed E-state index contributed by atoms with van der Waals surface area (Å²) in [6.45, 7) is 3.92. The van der Waals surface area contributed by atoms with Gasteiger partial charge in [0.15, 0.2) is 0 Å². The molecule has 3 heterocycles. The second kappa shape index (κ2) is 4.29.